The lowest BCUT2D eigenvalue weighted by Gasteiger charge is -2.13. The van der Waals surface area contributed by atoms with E-state index in [2.05, 4.69) is 18.3 Å². The van der Waals surface area contributed by atoms with E-state index in [0.29, 0.717) is 0 Å². The number of para-hydroxylation sites is 2. The lowest BCUT2D eigenvalue weighted by atomic mass is 10.2. The molecule has 0 amide bonds. The van der Waals surface area contributed by atoms with Crippen LogP contribution in [0, 0.1) is 0 Å². The summed E-state index contributed by atoms with van der Waals surface area (Å²) in [7, 11) is 0. The normalized spacial score (nSPS) is 10.3. The van der Waals surface area contributed by atoms with Crippen molar-refractivity contribution in [2.24, 2.45) is 0 Å². The third-order valence-corrected chi connectivity index (χ3v) is 3.75. The molecule has 0 bridgehead atoms. The zero-order valence-electron chi connectivity index (χ0n) is 14.4. The second kappa shape index (κ2) is 8.78. The van der Waals surface area contributed by atoms with Crippen molar-refractivity contribution in [3.05, 3.63) is 84.4 Å². The maximum atomic E-state index is 5.81. The number of nitrogens with one attached hydrogen (secondary N) is 1. The molecule has 3 rings (SSSR count). The fourth-order valence-corrected chi connectivity index (χ4v) is 2.47. The van der Waals surface area contributed by atoms with Crippen molar-refractivity contribution in [1.82, 2.24) is 0 Å². The molecule has 0 aliphatic rings. The summed E-state index contributed by atoms with van der Waals surface area (Å²) in [5, 5.41) is 3.43. The highest BCUT2D eigenvalue weighted by atomic mass is 16.5. The second-order valence-electron chi connectivity index (χ2n) is 5.75. The molecule has 3 heteroatoms. The average Bonchev–Trinajstić information content (AvgIpc) is 2.67. The molecular formula is C22H23NO2. The van der Waals surface area contributed by atoms with Crippen LogP contribution in [0.25, 0.3) is 0 Å². The molecule has 0 aromatic heterocycles. The van der Waals surface area contributed by atoms with Gasteiger partial charge >= 0.3 is 0 Å². The van der Waals surface area contributed by atoms with E-state index < -0.39 is 0 Å². The van der Waals surface area contributed by atoms with Crippen LogP contribution in [0.15, 0.2) is 78.9 Å². The number of benzene rings is 3. The summed E-state index contributed by atoms with van der Waals surface area (Å²) in [6.45, 7) is 3.57. The van der Waals surface area contributed by atoms with E-state index in [9.17, 15) is 0 Å². The van der Waals surface area contributed by atoms with Gasteiger partial charge in [-0.25, -0.2) is 0 Å². The first kappa shape index (κ1) is 16.9. The Morgan fingerprint density at radius 3 is 2.20 bits per heavy atom. The molecule has 0 aliphatic heterocycles. The fraction of sp³-hybridized carbons (Fsp3) is 0.182. The fourth-order valence-electron chi connectivity index (χ4n) is 2.47. The van der Waals surface area contributed by atoms with Crippen molar-refractivity contribution in [3.8, 4) is 17.2 Å². The third-order valence-electron chi connectivity index (χ3n) is 3.75. The van der Waals surface area contributed by atoms with Gasteiger partial charge in [0, 0.05) is 17.8 Å². The molecule has 25 heavy (non-hydrogen) atoms. The third kappa shape index (κ3) is 5.01. The van der Waals surface area contributed by atoms with E-state index >= 15 is 0 Å². The van der Waals surface area contributed by atoms with Gasteiger partial charge in [-0.3, -0.25) is 0 Å². The van der Waals surface area contributed by atoms with Crippen molar-refractivity contribution in [2.45, 2.75) is 19.9 Å². The van der Waals surface area contributed by atoms with E-state index in [1.54, 1.807) is 0 Å². The Labute approximate surface area is 149 Å². The van der Waals surface area contributed by atoms with Crippen LogP contribution in [0.2, 0.25) is 0 Å². The molecule has 0 unspecified atom stereocenters. The van der Waals surface area contributed by atoms with Crippen LogP contribution in [-0.4, -0.2) is 6.61 Å². The summed E-state index contributed by atoms with van der Waals surface area (Å²) in [5.74, 6) is 2.61. The van der Waals surface area contributed by atoms with E-state index in [4.69, 9.17) is 9.47 Å². The molecule has 3 aromatic rings. The van der Waals surface area contributed by atoms with Gasteiger partial charge in [0.2, 0.25) is 0 Å². The molecule has 0 saturated carbocycles. The van der Waals surface area contributed by atoms with Crippen LogP contribution in [0.3, 0.4) is 0 Å². The Balaban J connectivity index is 1.59. The van der Waals surface area contributed by atoms with Crippen LogP contribution in [0.5, 0.6) is 17.2 Å². The highest BCUT2D eigenvalue weighted by Crippen LogP contribution is 2.24. The lowest BCUT2D eigenvalue weighted by Crippen LogP contribution is -2.03. The zero-order chi connectivity index (χ0) is 17.3. The van der Waals surface area contributed by atoms with Crippen molar-refractivity contribution < 1.29 is 9.47 Å². The predicted molar refractivity (Wildman–Crippen MR) is 103 cm³/mol. The summed E-state index contributed by atoms with van der Waals surface area (Å²) >= 11 is 0. The number of anilines is 1. The maximum Gasteiger partial charge on any atom is 0.127 e. The van der Waals surface area contributed by atoms with Crippen molar-refractivity contribution in [3.63, 3.8) is 0 Å². The van der Waals surface area contributed by atoms with Gasteiger partial charge < -0.3 is 14.8 Å². The first-order valence-electron chi connectivity index (χ1n) is 8.62. The first-order valence-corrected chi connectivity index (χ1v) is 8.62. The molecule has 0 fully saturated rings. The number of hydrogen-bond donors (Lipinski definition) is 1. The summed E-state index contributed by atoms with van der Waals surface area (Å²) in [5.41, 5.74) is 2.20. The van der Waals surface area contributed by atoms with Crippen LogP contribution in [0.1, 0.15) is 18.9 Å². The van der Waals surface area contributed by atoms with E-state index in [1.807, 2.05) is 72.8 Å². The molecular weight excluding hydrogens is 310 g/mol. The summed E-state index contributed by atoms with van der Waals surface area (Å²) in [4.78, 5) is 0. The minimum Gasteiger partial charge on any atom is -0.493 e. The van der Waals surface area contributed by atoms with Gasteiger partial charge in [-0.1, -0.05) is 43.3 Å². The van der Waals surface area contributed by atoms with Crippen molar-refractivity contribution in [1.29, 1.82) is 0 Å². The predicted octanol–water partition coefficient (Wildman–Crippen LogP) is 5.88. The van der Waals surface area contributed by atoms with E-state index in [0.717, 1.165) is 48.1 Å². The van der Waals surface area contributed by atoms with Crippen LogP contribution >= 0.6 is 0 Å². The first-order chi connectivity index (χ1) is 12.3. The smallest absolute Gasteiger partial charge is 0.127 e. The van der Waals surface area contributed by atoms with E-state index in [1.165, 1.54) is 0 Å². The number of ether oxygens (including phenoxy) is 2. The molecule has 0 spiro atoms. The Morgan fingerprint density at radius 2 is 1.44 bits per heavy atom. The molecule has 0 radical (unpaired) electrons. The molecule has 1 N–H and O–H groups in total. The Hall–Kier alpha value is -2.94. The second-order valence-corrected chi connectivity index (χ2v) is 5.75. The number of hydrogen-bond acceptors (Lipinski definition) is 3. The summed E-state index contributed by atoms with van der Waals surface area (Å²) < 4.78 is 11.6. The summed E-state index contributed by atoms with van der Waals surface area (Å²) in [6, 6.07) is 25.9. The Bertz CT molecular complexity index is 770. The van der Waals surface area contributed by atoms with Crippen LogP contribution in [-0.2, 0) is 6.54 Å². The highest BCUT2D eigenvalue weighted by Gasteiger charge is 2.03. The van der Waals surface area contributed by atoms with E-state index in [-0.39, 0.29) is 0 Å². The van der Waals surface area contributed by atoms with Crippen LogP contribution in [0.4, 0.5) is 5.69 Å². The Kier molecular flexibility index (Phi) is 5.94. The topological polar surface area (TPSA) is 30.5 Å². The highest BCUT2D eigenvalue weighted by molar-refractivity contribution is 5.48. The van der Waals surface area contributed by atoms with Crippen LogP contribution < -0.4 is 14.8 Å². The van der Waals surface area contributed by atoms with Gasteiger partial charge in [-0.2, -0.15) is 0 Å². The van der Waals surface area contributed by atoms with Gasteiger partial charge in [-0.05, 0) is 48.9 Å². The van der Waals surface area contributed by atoms with Crippen molar-refractivity contribution in [2.75, 3.05) is 11.9 Å². The number of rotatable bonds is 8. The largest absolute Gasteiger partial charge is 0.493 e. The minimum atomic E-state index is 0.721. The van der Waals surface area contributed by atoms with Gasteiger partial charge in [0.15, 0.2) is 0 Å². The molecule has 0 aliphatic carbocycles. The molecule has 128 valence electrons. The molecule has 3 nitrogen and oxygen atoms in total. The van der Waals surface area contributed by atoms with Gasteiger partial charge in [-0.15, -0.1) is 0 Å². The standard InChI is InChI=1S/C22H23NO2/c1-2-16-24-22-11-7-6-8-18(22)17-23-19-12-14-21(15-13-19)25-20-9-4-3-5-10-20/h3-15,23H,2,16-17H2,1H3. The van der Waals surface area contributed by atoms with Gasteiger partial charge in [0.05, 0.1) is 6.61 Å². The Morgan fingerprint density at radius 1 is 0.760 bits per heavy atom. The summed E-state index contributed by atoms with van der Waals surface area (Å²) in [6.07, 6.45) is 1.00. The molecule has 0 saturated heterocycles. The molecule has 3 aromatic carbocycles. The minimum absolute atomic E-state index is 0.721. The molecule has 0 heterocycles. The van der Waals surface area contributed by atoms with Gasteiger partial charge in [0.1, 0.15) is 17.2 Å². The lowest BCUT2D eigenvalue weighted by molar-refractivity contribution is 0.314. The quantitative estimate of drug-likeness (QED) is 0.558. The monoisotopic (exact) mass is 333 g/mol. The maximum absolute atomic E-state index is 5.81. The van der Waals surface area contributed by atoms with Crippen molar-refractivity contribution >= 4 is 5.69 Å². The van der Waals surface area contributed by atoms with Gasteiger partial charge in [0.25, 0.3) is 0 Å². The zero-order valence-corrected chi connectivity index (χ0v) is 14.4. The average molecular weight is 333 g/mol. The SMILES string of the molecule is CCCOc1ccccc1CNc1ccc(Oc2ccccc2)cc1. The molecule has 0 atom stereocenters.